The summed E-state index contributed by atoms with van der Waals surface area (Å²) in [6.07, 6.45) is 1.71. The van der Waals surface area contributed by atoms with E-state index < -0.39 is 0 Å². The molecule has 7 heteroatoms. The van der Waals surface area contributed by atoms with Crippen molar-refractivity contribution in [1.29, 1.82) is 0 Å². The maximum atomic E-state index is 12.6. The molecule has 3 rings (SSSR count). The number of benzene rings is 1. The average Bonchev–Trinajstić information content (AvgIpc) is 3.08. The number of ketones is 1. The van der Waals surface area contributed by atoms with Crippen molar-refractivity contribution in [3.63, 3.8) is 0 Å². The maximum Gasteiger partial charge on any atom is 0.262 e. The lowest BCUT2D eigenvalue weighted by molar-refractivity contribution is 0.101. The summed E-state index contributed by atoms with van der Waals surface area (Å²) < 4.78 is 2.44. The van der Waals surface area contributed by atoms with E-state index in [1.165, 1.54) is 11.8 Å². The fourth-order valence-corrected chi connectivity index (χ4v) is 3.58. The van der Waals surface area contributed by atoms with E-state index in [4.69, 9.17) is 0 Å². The predicted molar refractivity (Wildman–Crippen MR) is 95.2 cm³/mol. The van der Waals surface area contributed by atoms with Crippen molar-refractivity contribution >= 4 is 44.4 Å². The normalized spacial score (nSPS) is 11.0. The third-order valence-corrected chi connectivity index (χ3v) is 4.90. The number of carbonyl (C=O) groups is 1. The minimum Gasteiger partial charge on any atom is -0.359 e. The third kappa shape index (κ3) is 3.25. The molecule has 0 amide bonds. The molecule has 1 aromatic carbocycles. The van der Waals surface area contributed by atoms with Gasteiger partial charge in [0.15, 0.2) is 10.9 Å². The largest absolute Gasteiger partial charge is 0.359 e. The van der Waals surface area contributed by atoms with Gasteiger partial charge in [0, 0.05) is 17.2 Å². The maximum absolute atomic E-state index is 12.6. The van der Waals surface area contributed by atoms with Crippen LogP contribution in [0.5, 0.6) is 0 Å². The molecule has 2 aromatic heterocycles. The number of rotatable bonds is 5. The second kappa shape index (κ2) is 6.72. The molecule has 0 saturated carbocycles. The quantitative estimate of drug-likeness (QED) is 0.410. The minimum atomic E-state index is -0.0892. The number of hydrogen-bond acceptors (Lipinski definition) is 4. The second-order valence-electron chi connectivity index (χ2n) is 4.90. The van der Waals surface area contributed by atoms with Gasteiger partial charge in [-0.05, 0) is 37.3 Å². The van der Waals surface area contributed by atoms with E-state index >= 15 is 0 Å². The molecule has 118 valence electrons. The van der Waals surface area contributed by atoms with Crippen LogP contribution in [-0.4, -0.2) is 26.1 Å². The topological polar surface area (TPSA) is 67.8 Å². The van der Waals surface area contributed by atoms with Gasteiger partial charge in [0.1, 0.15) is 0 Å². The highest BCUT2D eigenvalue weighted by Gasteiger charge is 2.13. The summed E-state index contributed by atoms with van der Waals surface area (Å²) in [5.41, 5.74) is 1.11. The van der Waals surface area contributed by atoms with E-state index in [1.54, 1.807) is 35.0 Å². The fourth-order valence-electron chi connectivity index (χ4n) is 2.27. The molecule has 0 atom stereocenters. The van der Waals surface area contributed by atoms with E-state index in [-0.39, 0.29) is 17.1 Å². The van der Waals surface area contributed by atoms with E-state index in [0.29, 0.717) is 28.3 Å². The first-order valence-corrected chi connectivity index (χ1v) is 8.87. The number of H-pyrrole nitrogens is 1. The van der Waals surface area contributed by atoms with Crippen molar-refractivity contribution in [3.05, 3.63) is 57.0 Å². The van der Waals surface area contributed by atoms with Crippen LogP contribution in [-0.2, 0) is 6.54 Å². The third-order valence-electron chi connectivity index (χ3n) is 3.43. The Labute approximate surface area is 145 Å². The molecular formula is C16H14BrN3O2S. The highest BCUT2D eigenvalue weighted by atomic mass is 79.9. The number of carbonyl (C=O) groups excluding carboxylic acids is 1. The molecule has 2 heterocycles. The number of nitrogens with zero attached hydrogens (tertiary/aromatic N) is 2. The molecule has 0 aliphatic heterocycles. The smallest absolute Gasteiger partial charge is 0.262 e. The Balaban J connectivity index is 1.95. The summed E-state index contributed by atoms with van der Waals surface area (Å²) in [6.45, 7) is 2.40. The van der Waals surface area contributed by atoms with Crippen LogP contribution in [0, 0.1) is 0 Å². The van der Waals surface area contributed by atoms with Crippen molar-refractivity contribution in [2.75, 3.05) is 5.75 Å². The number of halogens is 1. The zero-order chi connectivity index (χ0) is 16.4. The van der Waals surface area contributed by atoms with E-state index in [9.17, 15) is 9.59 Å². The molecular weight excluding hydrogens is 378 g/mol. The number of aromatic amines is 1. The zero-order valence-corrected chi connectivity index (χ0v) is 14.8. The SMILES string of the molecule is CCn1c(SCC(=O)c2ccc[nH]2)nc2ccc(Br)cc2c1=O. The molecule has 0 saturated heterocycles. The Bertz CT molecular complexity index is 919. The Hall–Kier alpha value is -1.86. The standard InChI is InChI=1S/C16H14BrN3O2S/c1-2-20-15(22)11-8-10(17)5-6-12(11)19-16(20)23-9-14(21)13-4-3-7-18-13/h3-8,18H,2,9H2,1H3. The molecule has 0 aliphatic rings. The van der Waals surface area contributed by atoms with Crippen molar-refractivity contribution in [2.45, 2.75) is 18.6 Å². The number of nitrogens with one attached hydrogen (secondary N) is 1. The van der Waals surface area contributed by atoms with Crippen molar-refractivity contribution in [2.24, 2.45) is 0 Å². The minimum absolute atomic E-state index is 0.0206. The Kier molecular flexibility index (Phi) is 4.68. The van der Waals surface area contributed by atoms with Crippen LogP contribution in [0.2, 0.25) is 0 Å². The summed E-state index contributed by atoms with van der Waals surface area (Å²) >= 11 is 4.66. The molecule has 0 fully saturated rings. The lowest BCUT2D eigenvalue weighted by Gasteiger charge is -2.11. The van der Waals surface area contributed by atoms with Gasteiger partial charge in [0.25, 0.3) is 5.56 Å². The van der Waals surface area contributed by atoms with Crippen LogP contribution in [0.15, 0.2) is 51.0 Å². The number of hydrogen-bond donors (Lipinski definition) is 1. The van der Waals surface area contributed by atoms with Gasteiger partial charge in [0.05, 0.1) is 22.3 Å². The van der Waals surface area contributed by atoms with Crippen LogP contribution in [0.25, 0.3) is 10.9 Å². The van der Waals surface area contributed by atoms with E-state index in [1.807, 2.05) is 13.0 Å². The summed E-state index contributed by atoms with van der Waals surface area (Å²) in [6, 6.07) is 8.95. The van der Waals surface area contributed by atoms with Crippen molar-refractivity contribution in [1.82, 2.24) is 14.5 Å². The molecule has 1 N–H and O–H groups in total. The Morgan fingerprint density at radius 3 is 2.91 bits per heavy atom. The number of Topliss-reactive ketones (excluding diaryl/α,β-unsaturated/α-hetero) is 1. The number of aromatic nitrogens is 3. The fraction of sp³-hybridized carbons (Fsp3) is 0.188. The first-order valence-electron chi connectivity index (χ1n) is 7.09. The first kappa shape index (κ1) is 16.0. The molecule has 0 spiro atoms. The Morgan fingerprint density at radius 1 is 1.39 bits per heavy atom. The average molecular weight is 392 g/mol. The van der Waals surface area contributed by atoms with Gasteiger partial charge in [-0.3, -0.25) is 14.2 Å². The van der Waals surface area contributed by atoms with Gasteiger partial charge in [-0.1, -0.05) is 27.7 Å². The lowest BCUT2D eigenvalue weighted by atomic mass is 10.2. The Morgan fingerprint density at radius 2 is 2.22 bits per heavy atom. The summed E-state index contributed by atoms with van der Waals surface area (Å²) in [5.74, 6) is 0.211. The van der Waals surface area contributed by atoms with Gasteiger partial charge in [-0.25, -0.2) is 4.98 Å². The molecule has 0 aliphatic carbocycles. The summed E-state index contributed by atoms with van der Waals surface area (Å²) in [4.78, 5) is 32.1. The highest BCUT2D eigenvalue weighted by Crippen LogP contribution is 2.21. The van der Waals surface area contributed by atoms with Gasteiger partial charge < -0.3 is 4.98 Å². The predicted octanol–water partition coefficient (Wildman–Crippen LogP) is 3.48. The first-order chi connectivity index (χ1) is 11.1. The molecule has 0 radical (unpaired) electrons. The van der Waals surface area contributed by atoms with E-state index in [2.05, 4.69) is 25.9 Å². The van der Waals surface area contributed by atoms with Crippen LogP contribution in [0.1, 0.15) is 17.4 Å². The van der Waals surface area contributed by atoms with Gasteiger partial charge in [-0.2, -0.15) is 0 Å². The summed E-state index contributed by atoms with van der Waals surface area (Å²) in [7, 11) is 0. The summed E-state index contributed by atoms with van der Waals surface area (Å²) in [5, 5.41) is 1.13. The molecule has 0 bridgehead atoms. The van der Waals surface area contributed by atoms with Gasteiger partial charge >= 0.3 is 0 Å². The van der Waals surface area contributed by atoms with E-state index in [0.717, 1.165) is 4.47 Å². The van der Waals surface area contributed by atoms with Crippen molar-refractivity contribution in [3.8, 4) is 0 Å². The van der Waals surface area contributed by atoms with Crippen LogP contribution >= 0.6 is 27.7 Å². The highest BCUT2D eigenvalue weighted by molar-refractivity contribution is 9.10. The molecule has 0 unspecified atom stereocenters. The monoisotopic (exact) mass is 391 g/mol. The lowest BCUT2D eigenvalue weighted by Crippen LogP contribution is -2.23. The van der Waals surface area contributed by atoms with Crippen LogP contribution < -0.4 is 5.56 Å². The van der Waals surface area contributed by atoms with Gasteiger partial charge in [0.2, 0.25) is 0 Å². The molecule has 23 heavy (non-hydrogen) atoms. The van der Waals surface area contributed by atoms with Crippen molar-refractivity contribution < 1.29 is 4.79 Å². The van der Waals surface area contributed by atoms with Gasteiger partial charge in [-0.15, -0.1) is 0 Å². The zero-order valence-electron chi connectivity index (χ0n) is 12.4. The second-order valence-corrected chi connectivity index (χ2v) is 6.76. The van der Waals surface area contributed by atoms with Crippen LogP contribution in [0.3, 0.4) is 0 Å². The molecule has 3 aromatic rings. The number of thioether (sulfide) groups is 1. The molecule has 5 nitrogen and oxygen atoms in total. The van der Waals surface area contributed by atoms with Crippen LogP contribution in [0.4, 0.5) is 0 Å². The number of fused-ring (bicyclic) bond motifs is 1.